The Kier molecular flexibility index (Phi) is 17.5. The van der Waals surface area contributed by atoms with Crippen molar-refractivity contribution in [2.75, 3.05) is 19.8 Å². The van der Waals surface area contributed by atoms with Crippen molar-refractivity contribution in [3.05, 3.63) is 0 Å². The third-order valence-electron chi connectivity index (χ3n) is 6.52. The zero-order valence-corrected chi connectivity index (χ0v) is 20.5. The van der Waals surface area contributed by atoms with Crippen LogP contribution in [-0.4, -0.2) is 38.0 Å². The summed E-state index contributed by atoms with van der Waals surface area (Å²) in [5, 5.41) is 0. The Bertz CT molecular complexity index is 437. The van der Waals surface area contributed by atoms with Gasteiger partial charge in [0.05, 0.1) is 12.7 Å². The summed E-state index contributed by atoms with van der Waals surface area (Å²) >= 11 is 0. The molecule has 7 heteroatoms. The average Bonchev–Trinajstić information content (AvgIpc) is 2.77. The molecule has 0 aromatic rings. The van der Waals surface area contributed by atoms with E-state index in [0.29, 0.717) is 12.5 Å². The van der Waals surface area contributed by atoms with E-state index in [0.717, 1.165) is 58.3 Å². The Balaban J connectivity index is 1.70. The quantitative estimate of drug-likeness (QED) is 0.119. The molecule has 1 unspecified atom stereocenters. The van der Waals surface area contributed by atoms with Crippen LogP contribution in [0.25, 0.3) is 0 Å². The highest BCUT2D eigenvalue weighted by Gasteiger charge is 2.56. The topological polar surface area (TPSA) is 18.5 Å². The number of rotatable bonds is 21. The predicted molar refractivity (Wildman–Crippen MR) is 124 cm³/mol. The predicted octanol–water partition coefficient (Wildman–Crippen LogP) is 9.40. The maximum atomic E-state index is 12.8. The molecule has 33 heavy (non-hydrogen) atoms. The second-order valence-corrected chi connectivity index (χ2v) is 9.67. The molecule has 1 fully saturated rings. The summed E-state index contributed by atoms with van der Waals surface area (Å²) in [6.45, 7) is 2.50. The number of ether oxygens (including phenoxy) is 2. The second-order valence-electron chi connectivity index (χ2n) is 9.67. The first kappa shape index (κ1) is 30.6. The van der Waals surface area contributed by atoms with Crippen molar-refractivity contribution in [1.82, 2.24) is 0 Å². The van der Waals surface area contributed by atoms with Gasteiger partial charge in [-0.15, -0.1) is 0 Å². The van der Waals surface area contributed by atoms with Gasteiger partial charge in [-0.3, -0.25) is 0 Å². The summed E-state index contributed by atoms with van der Waals surface area (Å²) in [5.41, 5.74) is 0. The van der Waals surface area contributed by atoms with E-state index in [1.807, 2.05) is 0 Å². The third kappa shape index (κ3) is 16.8. The first-order valence-corrected chi connectivity index (χ1v) is 13.5. The molecule has 0 saturated carbocycles. The van der Waals surface area contributed by atoms with Crippen molar-refractivity contribution in [3.8, 4) is 0 Å². The van der Waals surface area contributed by atoms with Gasteiger partial charge >= 0.3 is 12.1 Å². The first-order chi connectivity index (χ1) is 15.8. The summed E-state index contributed by atoms with van der Waals surface area (Å²) in [4.78, 5) is 0. The lowest BCUT2D eigenvalue weighted by molar-refractivity contribution is -0.284. The fourth-order valence-corrected chi connectivity index (χ4v) is 4.32. The van der Waals surface area contributed by atoms with E-state index in [9.17, 15) is 22.0 Å². The molecular formula is C26H47F5O2. The number of alkyl halides is 5. The molecule has 0 aromatic carbocycles. The standard InChI is InChI=1S/C26H47F5O2/c27-25(28,26(29,30)31)20-16-13-11-9-7-5-3-1-2-4-6-8-10-12-14-17-21-32-23-24-19-15-18-22-33-24/h24H,1-23H2. The molecule has 1 aliphatic rings. The molecule has 1 saturated heterocycles. The van der Waals surface area contributed by atoms with Gasteiger partial charge in [0.25, 0.3) is 0 Å². The van der Waals surface area contributed by atoms with Crippen LogP contribution in [0.5, 0.6) is 0 Å². The number of hydrogen-bond acceptors (Lipinski definition) is 2. The van der Waals surface area contributed by atoms with Crippen LogP contribution in [0.4, 0.5) is 22.0 Å². The Morgan fingerprint density at radius 3 is 1.48 bits per heavy atom. The monoisotopic (exact) mass is 486 g/mol. The molecule has 198 valence electrons. The van der Waals surface area contributed by atoms with E-state index in [-0.39, 0.29) is 6.42 Å². The molecule has 0 radical (unpaired) electrons. The minimum absolute atomic E-state index is 0.0594. The largest absolute Gasteiger partial charge is 0.453 e. The van der Waals surface area contributed by atoms with Gasteiger partial charge in [-0.1, -0.05) is 89.9 Å². The van der Waals surface area contributed by atoms with E-state index < -0.39 is 18.5 Å². The van der Waals surface area contributed by atoms with Gasteiger partial charge in [-0.25, -0.2) is 0 Å². The van der Waals surface area contributed by atoms with Crippen LogP contribution in [-0.2, 0) is 9.47 Å². The lowest BCUT2D eigenvalue weighted by Gasteiger charge is -2.22. The maximum absolute atomic E-state index is 12.8. The van der Waals surface area contributed by atoms with Crippen molar-refractivity contribution in [2.45, 2.75) is 147 Å². The van der Waals surface area contributed by atoms with Gasteiger partial charge in [-0.2, -0.15) is 22.0 Å². The van der Waals surface area contributed by atoms with Crippen molar-refractivity contribution in [2.24, 2.45) is 0 Å². The van der Waals surface area contributed by atoms with Crippen LogP contribution >= 0.6 is 0 Å². The molecule has 0 aromatic heterocycles. The van der Waals surface area contributed by atoms with Crippen molar-refractivity contribution >= 4 is 0 Å². The molecular weight excluding hydrogens is 439 g/mol. The van der Waals surface area contributed by atoms with Crippen LogP contribution in [0.1, 0.15) is 128 Å². The van der Waals surface area contributed by atoms with Gasteiger partial charge in [0.15, 0.2) is 0 Å². The summed E-state index contributed by atoms with van der Waals surface area (Å²) in [7, 11) is 0. The molecule has 1 atom stereocenters. The van der Waals surface area contributed by atoms with Gasteiger partial charge in [0.2, 0.25) is 0 Å². The molecule has 1 rings (SSSR count). The third-order valence-corrected chi connectivity index (χ3v) is 6.52. The molecule has 0 bridgehead atoms. The van der Waals surface area contributed by atoms with Gasteiger partial charge in [0.1, 0.15) is 0 Å². The summed E-state index contributed by atoms with van der Waals surface area (Å²) < 4.78 is 73.1. The van der Waals surface area contributed by atoms with E-state index >= 15 is 0 Å². The van der Waals surface area contributed by atoms with Crippen LogP contribution in [0.15, 0.2) is 0 Å². The maximum Gasteiger partial charge on any atom is 0.453 e. The number of halogens is 5. The summed E-state index contributed by atoms with van der Waals surface area (Å²) in [6, 6.07) is 0. The molecule has 0 spiro atoms. The zero-order valence-electron chi connectivity index (χ0n) is 20.5. The number of unbranched alkanes of at least 4 members (excludes halogenated alkanes) is 15. The lowest BCUT2D eigenvalue weighted by atomic mass is 10.0. The van der Waals surface area contributed by atoms with E-state index in [1.165, 1.54) is 70.6 Å². The Morgan fingerprint density at radius 1 is 0.606 bits per heavy atom. The van der Waals surface area contributed by atoms with Gasteiger partial charge in [-0.05, 0) is 32.1 Å². The molecule has 1 heterocycles. The molecule has 1 aliphatic heterocycles. The van der Waals surface area contributed by atoms with Crippen molar-refractivity contribution in [3.63, 3.8) is 0 Å². The minimum atomic E-state index is -5.41. The normalized spacial score (nSPS) is 17.5. The van der Waals surface area contributed by atoms with E-state index in [1.54, 1.807) is 0 Å². The summed E-state index contributed by atoms with van der Waals surface area (Å²) in [5.74, 6) is -4.54. The first-order valence-electron chi connectivity index (χ1n) is 13.5. The highest BCUT2D eigenvalue weighted by Crippen LogP contribution is 2.39. The van der Waals surface area contributed by atoms with E-state index in [2.05, 4.69) is 0 Å². The molecule has 0 amide bonds. The minimum Gasteiger partial charge on any atom is -0.379 e. The Morgan fingerprint density at radius 2 is 1.06 bits per heavy atom. The van der Waals surface area contributed by atoms with Crippen LogP contribution < -0.4 is 0 Å². The smallest absolute Gasteiger partial charge is 0.379 e. The zero-order chi connectivity index (χ0) is 24.3. The second kappa shape index (κ2) is 18.8. The fraction of sp³-hybridized carbons (Fsp3) is 1.00. The van der Waals surface area contributed by atoms with Gasteiger partial charge in [0, 0.05) is 19.6 Å². The Labute approximate surface area is 198 Å². The fourth-order valence-electron chi connectivity index (χ4n) is 4.32. The highest BCUT2D eigenvalue weighted by molar-refractivity contribution is 4.75. The highest BCUT2D eigenvalue weighted by atomic mass is 19.4. The molecule has 0 aliphatic carbocycles. The Hall–Kier alpha value is -0.430. The number of hydrogen-bond donors (Lipinski definition) is 0. The van der Waals surface area contributed by atoms with Gasteiger partial charge < -0.3 is 9.47 Å². The van der Waals surface area contributed by atoms with Crippen LogP contribution in [0, 0.1) is 0 Å². The van der Waals surface area contributed by atoms with Crippen molar-refractivity contribution < 1.29 is 31.4 Å². The molecule has 2 nitrogen and oxygen atoms in total. The van der Waals surface area contributed by atoms with E-state index in [4.69, 9.17) is 9.47 Å². The average molecular weight is 487 g/mol. The molecule has 0 N–H and O–H groups in total. The SMILES string of the molecule is FC(F)(F)C(F)(F)CCCCCCCCCCCCCCCCCCOCC1CCCCO1. The van der Waals surface area contributed by atoms with Crippen LogP contribution in [0.3, 0.4) is 0 Å². The van der Waals surface area contributed by atoms with Crippen molar-refractivity contribution in [1.29, 1.82) is 0 Å². The summed E-state index contributed by atoms with van der Waals surface area (Å²) in [6.07, 6.45) is 14.3. The lowest BCUT2D eigenvalue weighted by Crippen LogP contribution is -2.36. The van der Waals surface area contributed by atoms with Crippen LogP contribution in [0.2, 0.25) is 0 Å².